The van der Waals surface area contributed by atoms with Gasteiger partial charge in [-0.25, -0.2) is 0 Å². The van der Waals surface area contributed by atoms with Crippen molar-refractivity contribution in [3.8, 4) is 0 Å². The molecular formula is C11H11ClN4O. The van der Waals surface area contributed by atoms with Crippen LogP contribution in [-0.2, 0) is 6.42 Å². The summed E-state index contributed by atoms with van der Waals surface area (Å²) in [7, 11) is 0. The summed E-state index contributed by atoms with van der Waals surface area (Å²) in [4.78, 5) is 11.5. The van der Waals surface area contributed by atoms with E-state index in [1.165, 1.54) is 6.20 Å². The van der Waals surface area contributed by atoms with Crippen LogP contribution in [0.25, 0.3) is 0 Å². The second-order valence-corrected chi connectivity index (χ2v) is 3.93. The molecule has 0 radical (unpaired) electrons. The smallest absolute Gasteiger partial charge is 0.273 e. The Labute approximate surface area is 103 Å². The van der Waals surface area contributed by atoms with Gasteiger partial charge in [0.25, 0.3) is 5.91 Å². The molecule has 2 rings (SSSR count). The standard InChI is InChI=1S/C11H11ClN4O/c12-9-3-1-2-8(6-9)4-5-13-11(17)10-7-14-16-15-10/h1-3,6-7H,4-5H2,(H,13,17)(H,14,15,16). The predicted molar refractivity (Wildman–Crippen MR) is 63.9 cm³/mol. The molecule has 0 atom stereocenters. The first-order chi connectivity index (χ1) is 8.25. The summed E-state index contributed by atoms with van der Waals surface area (Å²) in [5.74, 6) is -0.235. The van der Waals surface area contributed by atoms with Gasteiger partial charge in [-0.3, -0.25) is 4.79 Å². The molecule has 0 fully saturated rings. The van der Waals surface area contributed by atoms with Crippen LogP contribution < -0.4 is 5.32 Å². The van der Waals surface area contributed by atoms with E-state index >= 15 is 0 Å². The number of rotatable bonds is 4. The largest absolute Gasteiger partial charge is 0.350 e. The number of nitrogens with zero attached hydrogens (tertiary/aromatic N) is 2. The van der Waals surface area contributed by atoms with Gasteiger partial charge >= 0.3 is 0 Å². The molecule has 0 unspecified atom stereocenters. The van der Waals surface area contributed by atoms with E-state index in [1.807, 2.05) is 24.3 Å². The van der Waals surface area contributed by atoms with Crippen molar-refractivity contribution in [3.63, 3.8) is 0 Å². The lowest BCUT2D eigenvalue weighted by molar-refractivity contribution is 0.0949. The predicted octanol–water partition coefficient (Wildman–Crippen LogP) is 1.43. The van der Waals surface area contributed by atoms with E-state index in [0.717, 1.165) is 12.0 Å². The highest BCUT2D eigenvalue weighted by molar-refractivity contribution is 6.30. The van der Waals surface area contributed by atoms with Gasteiger partial charge in [-0.15, -0.1) is 0 Å². The molecule has 0 aliphatic carbocycles. The lowest BCUT2D eigenvalue weighted by Crippen LogP contribution is -2.26. The maximum absolute atomic E-state index is 11.5. The number of aromatic nitrogens is 3. The first kappa shape index (κ1) is 11.6. The SMILES string of the molecule is O=C(NCCc1cccc(Cl)c1)c1cn[nH]n1. The molecule has 0 aliphatic rings. The molecule has 0 bridgehead atoms. The van der Waals surface area contributed by atoms with Crippen LogP contribution in [0.2, 0.25) is 5.02 Å². The Bertz CT molecular complexity index is 498. The Morgan fingerprint density at radius 2 is 2.35 bits per heavy atom. The van der Waals surface area contributed by atoms with Crippen LogP contribution in [0.3, 0.4) is 0 Å². The van der Waals surface area contributed by atoms with Crippen LogP contribution in [0.4, 0.5) is 0 Å². The minimum Gasteiger partial charge on any atom is -0.350 e. The van der Waals surface area contributed by atoms with Gasteiger partial charge in [0.15, 0.2) is 5.69 Å². The molecule has 6 heteroatoms. The van der Waals surface area contributed by atoms with Crippen molar-refractivity contribution in [2.24, 2.45) is 0 Å². The number of amides is 1. The maximum atomic E-state index is 11.5. The summed E-state index contributed by atoms with van der Waals surface area (Å²) in [5, 5.41) is 13.1. The molecule has 0 saturated heterocycles. The van der Waals surface area contributed by atoms with E-state index in [0.29, 0.717) is 11.6 Å². The summed E-state index contributed by atoms with van der Waals surface area (Å²) in [6.45, 7) is 0.534. The number of nitrogens with one attached hydrogen (secondary N) is 2. The van der Waals surface area contributed by atoms with E-state index in [-0.39, 0.29) is 11.6 Å². The van der Waals surface area contributed by atoms with Crippen LogP contribution in [0.5, 0.6) is 0 Å². The lowest BCUT2D eigenvalue weighted by Gasteiger charge is -2.03. The van der Waals surface area contributed by atoms with E-state index in [4.69, 9.17) is 11.6 Å². The van der Waals surface area contributed by atoms with E-state index in [2.05, 4.69) is 20.7 Å². The maximum Gasteiger partial charge on any atom is 0.273 e. The number of H-pyrrole nitrogens is 1. The fraction of sp³-hybridized carbons (Fsp3) is 0.182. The quantitative estimate of drug-likeness (QED) is 0.862. The average Bonchev–Trinajstić information content (AvgIpc) is 2.82. The third-order valence-electron chi connectivity index (χ3n) is 2.24. The molecule has 17 heavy (non-hydrogen) atoms. The Morgan fingerprint density at radius 1 is 1.47 bits per heavy atom. The molecule has 1 amide bonds. The third-order valence-corrected chi connectivity index (χ3v) is 2.47. The molecular weight excluding hydrogens is 240 g/mol. The first-order valence-electron chi connectivity index (χ1n) is 5.14. The van der Waals surface area contributed by atoms with E-state index < -0.39 is 0 Å². The van der Waals surface area contributed by atoms with Crippen LogP contribution >= 0.6 is 11.6 Å². The highest BCUT2D eigenvalue weighted by Crippen LogP contribution is 2.10. The molecule has 1 aromatic carbocycles. The van der Waals surface area contributed by atoms with Crippen LogP contribution in [0, 0.1) is 0 Å². The molecule has 88 valence electrons. The highest BCUT2D eigenvalue weighted by Gasteiger charge is 2.06. The number of carbonyl (C=O) groups excluding carboxylic acids is 1. The van der Waals surface area contributed by atoms with E-state index in [1.54, 1.807) is 0 Å². The van der Waals surface area contributed by atoms with Gasteiger partial charge in [0.05, 0.1) is 6.20 Å². The zero-order valence-corrected chi connectivity index (χ0v) is 9.74. The van der Waals surface area contributed by atoms with Crippen molar-refractivity contribution in [1.82, 2.24) is 20.7 Å². The number of halogens is 1. The third kappa shape index (κ3) is 3.29. The molecule has 1 heterocycles. The van der Waals surface area contributed by atoms with Gasteiger partial charge < -0.3 is 5.32 Å². The van der Waals surface area contributed by atoms with Gasteiger partial charge in [0.2, 0.25) is 0 Å². The van der Waals surface area contributed by atoms with Crippen molar-refractivity contribution in [2.75, 3.05) is 6.54 Å². The summed E-state index contributed by atoms with van der Waals surface area (Å²) in [5.41, 5.74) is 1.37. The second kappa shape index (κ2) is 5.45. The number of benzene rings is 1. The summed E-state index contributed by atoms with van der Waals surface area (Å²) in [6, 6.07) is 7.55. The fourth-order valence-corrected chi connectivity index (χ4v) is 1.63. The van der Waals surface area contributed by atoms with Gasteiger partial charge in [-0.1, -0.05) is 23.7 Å². The van der Waals surface area contributed by atoms with Crippen LogP contribution in [0.15, 0.2) is 30.5 Å². The van der Waals surface area contributed by atoms with Gasteiger partial charge in [0.1, 0.15) is 0 Å². The summed E-state index contributed by atoms with van der Waals surface area (Å²) < 4.78 is 0. The van der Waals surface area contributed by atoms with Crippen molar-refractivity contribution in [1.29, 1.82) is 0 Å². The van der Waals surface area contributed by atoms with Gasteiger partial charge in [-0.2, -0.15) is 15.4 Å². The van der Waals surface area contributed by atoms with Crippen molar-refractivity contribution < 1.29 is 4.79 Å². The normalized spacial score (nSPS) is 10.2. The molecule has 1 aromatic heterocycles. The van der Waals surface area contributed by atoms with Crippen molar-refractivity contribution in [3.05, 3.63) is 46.7 Å². The second-order valence-electron chi connectivity index (χ2n) is 3.49. The average molecular weight is 251 g/mol. The Kier molecular flexibility index (Phi) is 3.72. The van der Waals surface area contributed by atoms with Crippen molar-refractivity contribution >= 4 is 17.5 Å². The van der Waals surface area contributed by atoms with Gasteiger partial charge in [-0.05, 0) is 24.1 Å². The zero-order chi connectivity index (χ0) is 12.1. The summed E-state index contributed by atoms with van der Waals surface area (Å²) in [6.07, 6.45) is 2.11. The molecule has 2 N–H and O–H groups in total. The van der Waals surface area contributed by atoms with Crippen LogP contribution in [-0.4, -0.2) is 27.9 Å². The Balaban J connectivity index is 1.82. The topological polar surface area (TPSA) is 70.7 Å². The molecule has 0 saturated carbocycles. The zero-order valence-electron chi connectivity index (χ0n) is 8.98. The van der Waals surface area contributed by atoms with Crippen LogP contribution in [0.1, 0.15) is 16.1 Å². The fourth-order valence-electron chi connectivity index (χ4n) is 1.41. The van der Waals surface area contributed by atoms with Gasteiger partial charge in [0, 0.05) is 11.6 Å². The highest BCUT2D eigenvalue weighted by atomic mass is 35.5. The minimum absolute atomic E-state index is 0.235. The Morgan fingerprint density at radius 3 is 3.06 bits per heavy atom. The number of hydrogen-bond acceptors (Lipinski definition) is 3. The number of carbonyl (C=O) groups is 1. The molecule has 2 aromatic rings. The number of hydrogen-bond donors (Lipinski definition) is 2. The molecule has 5 nitrogen and oxygen atoms in total. The lowest BCUT2D eigenvalue weighted by atomic mass is 10.1. The minimum atomic E-state index is -0.235. The first-order valence-corrected chi connectivity index (χ1v) is 5.52. The Hall–Kier alpha value is -1.88. The van der Waals surface area contributed by atoms with Crippen molar-refractivity contribution in [2.45, 2.75) is 6.42 Å². The molecule has 0 aliphatic heterocycles. The molecule has 0 spiro atoms. The number of aromatic amines is 1. The monoisotopic (exact) mass is 250 g/mol. The summed E-state index contributed by atoms with van der Waals surface area (Å²) >= 11 is 5.86. The van der Waals surface area contributed by atoms with E-state index in [9.17, 15) is 4.79 Å².